The lowest BCUT2D eigenvalue weighted by atomic mass is 9.72. The lowest BCUT2D eigenvalue weighted by Gasteiger charge is -2.54. The number of carbonyl (C=O) groups is 1. The molecule has 1 amide bonds. The highest BCUT2D eigenvalue weighted by molar-refractivity contribution is 7.76. The molecule has 4 saturated heterocycles. The molecule has 1 spiro atoms. The minimum Gasteiger partial charge on any atom is -0.451 e. The Balaban J connectivity index is 1.02. The fourth-order valence-corrected chi connectivity index (χ4v) is 8.95. The average molecular weight is 703 g/mol. The number of aromatic nitrogens is 2. The van der Waals surface area contributed by atoms with Gasteiger partial charge < -0.3 is 28.9 Å². The molecule has 2 aromatic rings. The fourth-order valence-electron chi connectivity index (χ4n) is 8.06. The number of hydrogen-bond donors (Lipinski definition) is 1. The first kappa shape index (κ1) is 36.1. The molecule has 3 atom stereocenters. The summed E-state index contributed by atoms with van der Waals surface area (Å²) in [7, 11) is 0. The molecular weight excluding hydrogens is 651 g/mol. The Labute approximate surface area is 291 Å². The van der Waals surface area contributed by atoms with E-state index >= 15 is 0 Å². The molecule has 5 heterocycles. The van der Waals surface area contributed by atoms with Crippen molar-refractivity contribution in [3.8, 4) is 11.5 Å². The number of rotatable bonds is 11. The number of halogens is 1. The summed E-state index contributed by atoms with van der Waals surface area (Å²) in [6, 6.07) is 3.92. The summed E-state index contributed by atoms with van der Waals surface area (Å²) in [6.45, 7) is 14.0. The summed E-state index contributed by atoms with van der Waals surface area (Å²) in [4.78, 5) is 28.7. The van der Waals surface area contributed by atoms with E-state index in [2.05, 4.69) is 19.8 Å². The summed E-state index contributed by atoms with van der Waals surface area (Å²) in [5, 5.41) is 0. The van der Waals surface area contributed by atoms with E-state index in [1.54, 1.807) is 15.4 Å². The predicted molar refractivity (Wildman–Crippen MR) is 184 cm³/mol. The van der Waals surface area contributed by atoms with Crippen molar-refractivity contribution >= 4 is 23.0 Å². The zero-order valence-electron chi connectivity index (χ0n) is 29.1. The molecule has 49 heavy (non-hydrogen) atoms. The van der Waals surface area contributed by atoms with Gasteiger partial charge in [0.25, 0.3) is 5.91 Å². The molecule has 0 radical (unpaired) electrons. The third kappa shape index (κ3) is 8.26. The second-order valence-corrected chi connectivity index (χ2v) is 15.5. The maximum Gasteiger partial charge on any atom is 0.258 e. The van der Waals surface area contributed by atoms with Crippen LogP contribution in [0.15, 0.2) is 30.7 Å². The second-order valence-electron chi connectivity index (χ2n) is 14.6. The van der Waals surface area contributed by atoms with Gasteiger partial charge in [0.15, 0.2) is 11.6 Å². The summed E-state index contributed by atoms with van der Waals surface area (Å²) in [5.74, 6) is 0.585. The molecule has 0 saturated carbocycles. The molecule has 0 aliphatic carbocycles. The Hall–Kier alpha value is -2.75. The van der Waals surface area contributed by atoms with E-state index in [0.29, 0.717) is 31.4 Å². The van der Waals surface area contributed by atoms with Crippen molar-refractivity contribution < 1.29 is 32.2 Å². The summed E-state index contributed by atoms with van der Waals surface area (Å²) in [6.07, 6.45) is 8.65. The third-order valence-electron chi connectivity index (χ3n) is 10.6. The smallest absolute Gasteiger partial charge is 0.258 e. The maximum atomic E-state index is 14.4. The van der Waals surface area contributed by atoms with Gasteiger partial charge in [-0.25, -0.2) is 18.6 Å². The predicted octanol–water partition coefficient (Wildman–Crippen LogP) is 4.73. The van der Waals surface area contributed by atoms with E-state index in [0.717, 1.165) is 71.2 Å². The quantitative estimate of drug-likeness (QED) is 0.329. The van der Waals surface area contributed by atoms with Gasteiger partial charge in [-0.3, -0.25) is 9.35 Å². The highest BCUT2D eigenvalue weighted by atomic mass is 32.2. The molecule has 4 aliphatic rings. The maximum absolute atomic E-state index is 14.4. The van der Waals surface area contributed by atoms with Crippen LogP contribution in [0, 0.1) is 11.2 Å². The van der Waals surface area contributed by atoms with Gasteiger partial charge in [-0.15, -0.1) is 0 Å². The Kier molecular flexibility index (Phi) is 11.5. The van der Waals surface area contributed by atoms with Crippen LogP contribution in [-0.2, 0) is 20.7 Å². The molecule has 270 valence electrons. The van der Waals surface area contributed by atoms with Crippen LogP contribution in [0.25, 0.3) is 0 Å². The van der Waals surface area contributed by atoms with Crippen LogP contribution < -0.4 is 9.64 Å². The number of carbonyl (C=O) groups excluding carboxylic acids is 1. The van der Waals surface area contributed by atoms with E-state index in [1.807, 2.05) is 27.7 Å². The molecule has 1 unspecified atom stereocenters. The van der Waals surface area contributed by atoms with Crippen molar-refractivity contribution in [3.05, 3.63) is 42.1 Å². The first-order valence-corrected chi connectivity index (χ1v) is 18.8. The van der Waals surface area contributed by atoms with Gasteiger partial charge in [-0.1, -0.05) is 0 Å². The Morgan fingerprint density at radius 3 is 2.43 bits per heavy atom. The molecular formula is C35H51FN6O6S. The molecule has 4 fully saturated rings. The van der Waals surface area contributed by atoms with Gasteiger partial charge in [0.2, 0.25) is 11.3 Å². The average Bonchev–Trinajstić information content (AvgIpc) is 3.06. The number of piperidine rings is 1. The summed E-state index contributed by atoms with van der Waals surface area (Å²) >= 11 is -2.02. The third-order valence-corrected chi connectivity index (χ3v) is 11.5. The lowest BCUT2D eigenvalue weighted by Crippen LogP contribution is -2.61. The number of ether oxygens (including phenoxy) is 3. The minimum atomic E-state index is -2.02. The van der Waals surface area contributed by atoms with E-state index in [-0.39, 0.29) is 52.9 Å². The molecule has 1 aromatic carbocycles. The highest BCUT2D eigenvalue weighted by Gasteiger charge is 2.46. The SMILES string of the molecule is CC(C)N(C(=O)c1cc(F)ccc1Oc1cncnc1N1CC2(CCN(C[C@@H]3CC[C@@H](N(C4CCOCC4)S(=O)O)CO3)CC2)C1)C(C)C. The molecule has 0 bridgehead atoms. The first-order chi connectivity index (χ1) is 23.5. The number of likely N-dealkylation sites (tertiary alicyclic amines) is 1. The first-order valence-electron chi connectivity index (χ1n) is 17.7. The molecule has 4 aliphatic heterocycles. The van der Waals surface area contributed by atoms with Crippen LogP contribution in [-0.4, -0.2) is 122 Å². The largest absolute Gasteiger partial charge is 0.451 e. The molecule has 1 N–H and O–H groups in total. The van der Waals surface area contributed by atoms with Crippen molar-refractivity contribution in [3.63, 3.8) is 0 Å². The fraction of sp³-hybridized carbons (Fsp3) is 0.686. The van der Waals surface area contributed by atoms with Crippen molar-refractivity contribution in [2.24, 2.45) is 5.41 Å². The zero-order chi connectivity index (χ0) is 34.7. The lowest BCUT2D eigenvalue weighted by molar-refractivity contribution is -0.0547. The Morgan fingerprint density at radius 2 is 1.80 bits per heavy atom. The molecule has 1 aromatic heterocycles. The van der Waals surface area contributed by atoms with E-state index < -0.39 is 17.1 Å². The van der Waals surface area contributed by atoms with Gasteiger partial charge in [0.05, 0.1) is 24.5 Å². The summed E-state index contributed by atoms with van der Waals surface area (Å²) < 4.78 is 56.4. The van der Waals surface area contributed by atoms with Crippen molar-refractivity contribution in [1.29, 1.82) is 0 Å². The number of nitrogens with zero attached hydrogens (tertiary/aromatic N) is 6. The molecule has 12 nitrogen and oxygen atoms in total. The van der Waals surface area contributed by atoms with Crippen LogP contribution in [0.3, 0.4) is 0 Å². The Bertz CT molecular complexity index is 1450. The second kappa shape index (κ2) is 15.6. The van der Waals surface area contributed by atoms with Crippen LogP contribution >= 0.6 is 0 Å². The van der Waals surface area contributed by atoms with Gasteiger partial charge >= 0.3 is 0 Å². The van der Waals surface area contributed by atoms with Crippen LogP contribution in [0.5, 0.6) is 11.5 Å². The van der Waals surface area contributed by atoms with Crippen molar-refractivity contribution in [1.82, 2.24) is 24.1 Å². The normalized spacial score (nSPS) is 24.0. The van der Waals surface area contributed by atoms with Crippen LogP contribution in [0.2, 0.25) is 0 Å². The minimum absolute atomic E-state index is 0.0451. The van der Waals surface area contributed by atoms with Crippen molar-refractivity contribution in [2.45, 2.75) is 96.5 Å². The zero-order valence-corrected chi connectivity index (χ0v) is 29.9. The van der Waals surface area contributed by atoms with E-state index in [4.69, 9.17) is 14.2 Å². The van der Waals surface area contributed by atoms with Crippen molar-refractivity contribution in [2.75, 3.05) is 57.4 Å². The Morgan fingerprint density at radius 1 is 1.08 bits per heavy atom. The number of amides is 1. The van der Waals surface area contributed by atoms with Crippen LogP contribution in [0.4, 0.5) is 10.2 Å². The molecule has 6 rings (SSSR count). The van der Waals surface area contributed by atoms with Gasteiger partial charge in [0, 0.05) is 62.4 Å². The number of anilines is 1. The van der Waals surface area contributed by atoms with Gasteiger partial charge in [-0.2, -0.15) is 4.31 Å². The van der Waals surface area contributed by atoms with Gasteiger partial charge in [0.1, 0.15) is 17.9 Å². The van der Waals surface area contributed by atoms with E-state index in [9.17, 15) is 17.9 Å². The monoisotopic (exact) mass is 702 g/mol. The van der Waals surface area contributed by atoms with Gasteiger partial charge in [-0.05, 0) is 97.5 Å². The van der Waals surface area contributed by atoms with Crippen LogP contribution in [0.1, 0.15) is 76.6 Å². The standard InChI is InChI=1S/C35H51FN6O6S/c1-24(2)41(25(3)4)34(43)30-17-26(36)5-8-31(30)48-32-18-37-23-38-33(32)40-21-35(22-40)11-13-39(14-12-35)19-29-7-6-28(20-47-29)42(49(44)45)27-9-15-46-16-10-27/h5,8,17-18,23-25,27-29H,6-7,9-16,19-22H2,1-4H3,(H,44,45)/t28-,29+/m1/s1. The number of hydrogen-bond acceptors (Lipinski definition) is 9. The summed E-state index contributed by atoms with van der Waals surface area (Å²) in [5.41, 5.74) is 0.362. The highest BCUT2D eigenvalue weighted by Crippen LogP contribution is 2.45. The topological polar surface area (TPSA) is 121 Å². The molecule has 14 heteroatoms. The van der Waals surface area contributed by atoms with E-state index in [1.165, 1.54) is 24.5 Å². The number of benzene rings is 1.